The van der Waals surface area contributed by atoms with Gasteiger partial charge in [-0.2, -0.15) is 0 Å². The van der Waals surface area contributed by atoms with E-state index in [1.807, 2.05) is 42.5 Å². The molecule has 35 heavy (non-hydrogen) atoms. The Morgan fingerprint density at radius 3 is 2.66 bits per heavy atom. The molecule has 6 nitrogen and oxygen atoms in total. The lowest BCUT2D eigenvalue weighted by Gasteiger charge is -2.34. The minimum Gasteiger partial charge on any atom is -0.392 e. The van der Waals surface area contributed by atoms with Gasteiger partial charge in [-0.15, -0.1) is 0 Å². The molecule has 0 saturated carbocycles. The Labute approximate surface area is 205 Å². The van der Waals surface area contributed by atoms with Crippen molar-refractivity contribution in [3.63, 3.8) is 0 Å². The molecule has 1 aliphatic rings. The number of nitrogens with zero attached hydrogens (tertiary/aromatic N) is 3. The van der Waals surface area contributed by atoms with E-state index in [4.69, 9.17) is 10.7 Å². The normalized spacial score (nSPS) is 15.7. The van der Waals surface area contributed by atoms with Gasteiger partial charge in [-0.3, -0.25) is 4.79 Å². The number of nitrogens with two attached hydrogens (primary N) is 1. The SMILES string of the molecule is Nc1ncc(-c2ccccc2CO)cc1C(=O)c1cccc(N2CCCC(c3ccccc3)C2)n1. The Morgan fingerprint density at radius 1 is 1.03 bits per heavy atom. The summed E-state index contributed by atoms with van der Waals surface area (Å²) < 4.78 is 0. The van der Waals surface area contributed by atoms with Crippen LogP contribution in [-0.2, 0) is 6.61 Å². The largest absolute Gasteiger partial charge is 0.392 e. The number of ketones is 1. The summed E-state index contributed by atoms with van der Waals surface area (Å²) in [6.45, 7) is 1.67. The van der Waals surface area contributed by atoms with Gasteiger partial charge in [0.2, 0.25) is 5.78 Å². The summed E-state index contributed by atoms with van der Waals surface area (Å²) in [7, 11) is 0. The molecule has 0 amide bonds. The Hall–Kier alpha value is -4.03. The van der Waals surface area contributed by atoms with Crippen LogP contribution in [0.25, 0.3) is 11.1 Å². The van der Waals surface area contributed by atoms with Crippen LogP contribution in [0.4, 0.5) is 11.6 Å². The highest BCUT2D eigenvalue weighted by molar-refractivity contribution is 6.11. The number of hydrogen-bond donors (Lipinski definition) is 2. The first kappa shape index (κ1) is 22.7. The molecule has 176 valence electrons. The summed E-state index contributed by atoms with van der Waals surface area (Å²) in [4.78, 5) is 24.7. The molecule has 0 radical (unpaired) electrons. The Morgan fingerprint density at radius 2 is 1.83 bits per heavy atom. The molecule has 4 aromatic rings. The van der Waals surface area contributed by atoms with Crippen molar-refractivity contribution in [3.8, 4) is 11.1 Å². The number of aromatic nitrogens is 2. The predicted molar refractivity (Wildman–Crippen MR) is 138 cm³/mol. The molecule has 0 aliphatic carbocycles. The highest BCUT2D eigenvalue weighted by Crippen LogP contribution is 2.30. The van der Waals surface area contributed by atoms with Crippen LogP contribution in [0.1, 0.15) is 45.9 Å². The van der Waals surface area contributed by atoms with E-state index in [9.17, 15) is 9.90 Å². The maximum absolute atomic E-state index is 13.5. The quantitative estimate of drug-likeness (QED) is 0.397. The summed E-state index contributed by atoms with van der Waals surface area (Å²) >= 11 is 0. The number of carbonyl (C=O) groups excluding carboxylic acids is 1. The van der Waals surface area contributed by atoms with Gasteiger partial charge in [-0.05, 0) is 47.7 Å². The van der Waals surface area contributed by atoms with Crippen LogP contribution in [0.3, 0.4) is 0 Å². The molecule has 0 spiro atoms. The smallest absolute Gasteiger partial charge is 0.215 e. The van der Waals surface area contributed by atoms with Gasteiger partial charge in [0.15, 0.2) is 0 Å². The van der Waals surface area contributed by atoms with E-state index in [-0.39, 0.29) is 18.2 Å². The van der Waals surface area contributed by atoms with Gasteiger partial charge in [0.05, 0.1) is 12.2 Å². The maximum Gasteiger partial charge on any atom is 0.215 e. The molecule has 1 saturated heterocycles. The number of piperidine rings is 1. The minimum atomic E-state index is -0.267. The second-order valence-corrected chi connectivity index (χ2v) is 8.88. The first-order valence-corrected chi connectivity index (χ1v) is 11.9. The number of hydrogen-bond acceptors (Lipinski definition) is 6. The molecule has 1 aliphatic heterocycles. The van der Waals surface area contributed by atoms with Crippen molar-refractivity contribution in [1.29, 1.82) is 0 Å². The van der Waals surface area contributed by atoms with Crippen molar-refractivity contribution in [3.05, 3.63) is 107 Å². The number of aliphatic hydroxyl groups excluding tert-OH is 1. The summed E-state index contributed by atoms with van der Waals surface area (Å²) in [5.74, 6) is 1.13. The van der Waals surface area contributed by atoms with E-state index < -0.39 is 0 Å². The molecule has 5 rings (SSSR count). The first-order chi connectivity index (χ1) is 17.1. The molecular weight excluding hydrogens is 436 g/mol. The summed E-state index contributed by atoms with van der Waals surface area (Å²) in [6, 6.07) is 25.3. The highest BCUT2D eigenvalue weighted by Gasteiger charge is 2.23. The Kier molecular flexibility index (Phi) is 6.55. The van der Waals surface area contributed by atoms with E-state index in [0.29, 0.717) is 17.2 Å². The number of nitrogen functional groups attached to an aromatic ring is 1. The zero-order valence-corrected chi connectivity index (χ0v) is 19.5. The van der Waals surface area contributed by atoms with E-state index >= 15 is 0 Å². The van der Waals surface area contributed by atoms with Crippen LogP contribution >= 0.6 is 0 Å². The maximum atomic E-state index is 13.5. The minimum absolute atomic E-state index is 0.104. The second kappa shape index (κ2) is 10.1. The van der Waals surface area contributed by atoms with Crippen LogP contribution in [-0.4, -0.2) is 33.9 Å². The van der Waals surface area contributed by atoms with E-state index in [0.717, 1.165) is 48.4 Å². The van der Waals surface area contributed by atoms with Gasteiger partial charge in [-0.25, -0.2) is 9.97 Å². The summed E-state index contributed by atoms with van der Waals surface area (Å²) in [5.41, 5.74) is 10.4. The number of carbonyl (C=O) groups is 1. The lowest BCUT2D eigenvalue weighted by atomic mass is 9.90. The predicted octanol–water partition coefficient (Wildman–Crippen LogP) is 4.83. The molecule has 3 N–H and O–H groups in total. The molecule has 1 unspecified atom stereocenters. The fourth-order valence-electron chi connectivity index (χ4n) is 4.79. The van der Waals surface area contributed by atoms with Crippen LogP contribution in [0.5, 0.6) is 0 Å². The summed E-state index contributed by atoms with van der Waals surface area (Å²) in [5, 5.41) is 9.71. The monoisotopic (exact) mass is 464 g/mol. The number of benzene rings is 2. The number of anilines is 2. The molecule has 2 aromatic heterocycles. The molecule has 6 heteroatoms. The van der Waals surface area contributed by atoms with E-state index in [1.54, 1.807) is 18.3 Å². The van der Waals surface area contributed by atoms with Crippen molar-refractivity contribution >= 4 is 17.4 Å². The van der Waals surface area contributed by atoms with Gasteiger partial charge < -0.3 is 15.7 Å². The molecule has 1 atom stereocenters. The third-order valence-corrected chi connectivity index (χ3v) is 6.65. The van der Waals surface area contributed by atoms with Crippen molar-refractivity contribution in [2.24, 2.45) is 0 Å². The topological polar surface area (TPSA) is 92.3 Å². The third-order valence-electron chi connectivity index (χ3n) is 6.65. The van der Waals surface area contributed by atoms with Crippen molar-refractivity contribution in [2.75, 3.05) is 23.7 Å². The third kappa shape index (κ3) is 4.79. The van der Waals surface area contributed by atoms with E-state index in [1.165, 1.54) is 5.56 Å². The zero-order chi connectivity index (χ0) is 24.2. The number of aliphatic hydroxyl groups is 1. The zero-order valence-electron chi connectivity index (χ0n) is 19.5. The standard InChI is InChI=1S/C29H28N4O2/c30-29-25(16-23(17-31-29)24-12-5-4-10-22(24)19-34)28(35)26-13-6-14-27(32-26)33-15-7-11-21(18-33)20-8-2-1-3-9-20/h1-6,8-10,12-14,16-17,21,34H,7,11,15,18-19H2,(H2,30,31). The average molecular weight is 465 g/mol. The van der Waals surface area contributed by atoms with Gasteiger partial charge in [0.1, 0.15) is 17.3 Å². The number of rotatable bonds is 6. The fraction of sp³-hybridized carbons (Fsp3) is 0.207. The molecular formula is C29H28N4O2. The molecule has 2 aromatic carbocycles. The van der Waals surface area contributed by atoms with Gasteiger partial charge >= 0.3 is 0 Å². The molecule has 0 bridgehead atoms. The van der Waals surface area contributed by atoms with Gasteiger partial charge in [0.25, 0.3) is 0 Å². The van der Waals surface area contributed by atoms with Crippen LogP contribution in [0.15, 0.2) is 85.1 Å². The van der Waals surface area contributed by atoms with Gasteiger partial charge in [-0.1, -0.05) is 60.7 Å². The van der Waals surface area contributed by atoms with Crippen LogP contribution in [0, 0.1) is 0 Å². The lowest BCUT2D eigenvalue weighted by molar-refractivity contribution is 0.103. The lowest BCUT2D eigenvalue weighted by Crippen LogP contribution is -2.35. The van der Waals surface area contributed by atoms with Crippen molar-refractivity contribution in [1.82, 2.24) is 9.97 Å². The fourth-order valence-corrected chi connectivity index (χ4v) is 4.79. The second-order valence-electron chi connectivity index (χ2n) is 8.88. The number of pyridine rings is 2. The first-order valence-electron chi connectivity index (χ1n) is 11.9. The molecule has 3 heterocycles. The van der Waals surface area contributed by atoms with Crippen LogP contribution in [0.2, 0.25) is 0 Å². The Balaban J connectivity index is 1.42. The van der Waals surface area contributed by atoms with Crippen molar-refractivity contribution < 1.29 is 9.90 Å². The summed E-state index contributed by atoms with van der Waals surface area (Å²) in [6.07, 6.45) is 3.84. The van der Waals surface area contributed by atoms with E-state index in [2.05, 4.69) is 34.1 Å². The van der Waals surface area contributed by atoms with Crippen LogP contribution < -0.4 is 10.6 Å². The highest BCUT2D eigenvalue weighted by atomic mass is 16.3. The Bertz CT molecular complexity index is 1340. The average Bonchev–Trinajstić information content (AvgIpc) is 2.93. The van der Waals surface area contributed by atoms with Crippen molar-refractivity contribution in [2.45, 2.75) is 25.4 Å². The van der Waals surface area contributed by atoms with Gasteiger partial charge in [0, 0.05) is 30.8 Å². The molecule has 1 fully saturated rings.